The molecule has 0 saturated heterocycles. The zero-order valence-corrected chi connectivity index (χ0v) is 9.26. The quantitative estimate of drug-likeness (QED) is 0.720. The fourth-order valence-corrected chi connectivity index (χ4v) is 1.54. The van der Waals surface area contributed by atoms with Crippen LogP contribution >= 0.6 is 0 Å². The molecule has 0 amide bonds. The summed E-state index contributed by atoms with van der Waals surface area (Å²) in [6, 6.07) is 9.75. The molecule has 2 nitrogen and oxygen atoms in total. The molecule has 1 N–H and O–H groups in total. The molecule has 0 saturated carbocycles. The second kappa shape index (κ2) is 6.38. The Bertz CT molecular complexity index is 284. The summed E-state index contributed by atoms with van der Waals surface area (Å²) in [6.07, 6.45) is 1.45. The molecular weight excluding hydrogens is 186 g/mol. The smallest absolute Gasteiger partial charge is 0.0917 e. The van der Waals surface area contributed by atoms with E-state index in [9.17, 15) is 5.11 Å². The molecular formula is C13H19NO. The van der Waals surface area contributed by atoms with Gasteiger partial charge in [-0.1, -0.05) is 43.3 Å². The Morgan fingerprint density at radius 3 is 2.60 bits per heavy atom. The van der Waals surface area contributed by atoms with Crippen LogP contribution in [0.15, 0.2) is 43.0 Å². The Morgan fingerprint density at radius 2 is 2.07 bits per heavy atom. The third kappa shape index (κ3) is 3.86. The summed E-state index contributed by atoms with van der Waals surface area (Å²) in [5.41, 5.74) is 0.972. The van der Waals surface area contributed by atoms with E-state index in [0.29, 0.717) is 6.54 Å². The molecule has 0 aromatic heterocycles. The lowest BCUT2D eigenvalue weighted by Gasteiger charge is -2.22. The van der Waals surface area contributed by atoms with Crippen molar-refractivity contribution in [2.24, 2.45) is 0 Å². The number of hydrogen-bond acceptors (Lipinski definition) is 2. The summed E-state index contributed by atoms with van der Waals surface area (Å²) in [5, 5.41) is 9.97. The fourth-order valence-electron chi connectivity index (χ4n) is 1.54. The van der Waals surface area contributed by atoms with Crippen molar-refractivity contribution in [3.63, 3.8) is 0 Å². The van der Waals surface area contributed by atoms with Crippen LogP contribution in [0.2, 0.25) is 0 Å². The molecule has 1 aromatic carbocycles. The van der Waals surface area contributed by atoms with Crippen molar-refractivity contribution >= 4 is 0 Å². The first-order valence-electron chi connectivity index (χ1n) is 5.34. The highest BCUT2D eigenvalue weighted by molar-refractivity contribution is 5.17. The number of benzene rings is 1. The van der Waals surface area contributed by atoms with Crippen LogP contribution in [-0.4, -0.2) is 29.6 Å². The fraction of sp³-hybridized carbons (Fsp3) is 0.385. The van der Waals surface area contributed by atoms with E-state index < -0.39 is 6.10 Å². The monoisotopic (exact) mass is 205 g/mol. The SMILES string of the molecule is C=CCN(CC)CC(O)c1ccccc1. The molecule has 0 fully saturated rings. The maximum absolute atomic E-state index is 9.97. The van der Waals surface area contributed by atoms with Gasteiger partial charge in [0.1, 0.15) is 0 Å². The Kier molecular flexibility index (Phi) is 5.08. The lowest BCUT2D eigenvalue weighted by molar-refractivity contribution is 0.122. The van der Waals surface area contributed by atoms with E-state index >= 15 is 0 Å². The molecule has 1 unspecified atom stereocenters. The molecule has 0 spiro atoms. The summed E-state index contributed by atoms with van der Waals surface area (Å²) in [7, 11) is 0. The molecule has 1 atom stereocenters. The minimum absolute atomic E-state index is 0.411. The highest BCUT2D eigenvalue weighted by Gasteiger charge is 2.10. The van der Waals surface area contributed by atoms with Crippen molar-refractivity contribution in [2.75, 3.05) is 19.6 Å². The third-order valence-electron chi connectivity index (χ3n) is 2.45. The van der Waals surface area contributed by atoms with Gasteiger partial charge < -0.3 is 5.11 Å². The zero-order valence-electron chi connectivity index (χ0n) is 9.26. The highest BCUT2D eigenvalue weighted by atomic mass is 16.3. The zero-order chi connectivity index (χ0) is 11.1. The summed E-state index contributed by atoms with van der Waals surface area (Å²) in [5.74, 6) is 0. The maximum Gasteiger partial charge on any atom is 0.0917 e. The van der Waals surface area contributed by atoms with Gasteiger partial charge in [-0.2, -0.15) is 0 Å². The van der Waals surface area contributed by atoms with Crippen molar-refractivity contribution in [1.82, 2.24) is 4.90 Å². The Hall–Kier alpha value is -1.12. The van der Waals surface area contributed by atoms with Crippen molar-refractivity contribution in [3.05, 3.63) is 48.6 Å². The topological polar surface area (TPSA) is 23.5 Å². The minimum atomic E-state index is -0.411. The second-order valence-electron chi connectivity index (χ2n) is 3.57. The Balaban J connectivity index is 2.54. The van der Waals surface area contributed by atoms with Gasteiger partial charge in [-0.15, -0.1) is 6.58 Å². The summed E-state index contributed by atoms with van der Waals surface area (Å²) >= 11 is 0. The van der Waals surface area contributed by atoms with Crippen molar-refractivity contribution in [2.45, 2.75) is 13.0 Å². The average molecular weight is 205 g/mol. The van der Waals surface area contributed by atoms with Crippen LogP contribution in [0.25, 0.3) is 0 Å². The van der Waals surface area contributed by atoms with Crippen molar-refractivity contribution < 1.29 is 5.11 Å². The van der Waals surface area contributed by atoms with Crippen molar-refractivity contribution in [1.29, 1.82) is 0 Å². The van der Waals surface area contributed by atoms with Gasteiger partial charge in [0.25, 0.3) is 0 Å². The first kappa shape index (κ1) is 12.0. The van der Waals surface area contributed by atoms with Gasteiger partial charge >= 0.3 is 0 Å². The van der Waals surface area contributed by atoms with Gasteiger partial charge in [-0.3, -0.25) is 4.90 Å². The molecule has 0 heterocycles. The predicted molar refractivity (Wildman–Crippen MR) is 63.7 cm³/mol. The molecule has 82 valence electrons. The molecule has 0 aliphatic heterocycles. The molecule has 0 bridgehead atoms. The van der Waals surface area contributed by atoms with Crippen LogP contribution < -0.4 is 0 Å². The van der Waals surface area contributed by atoms with E-state index in [4.69, 9.17) is 0 Å². The number of likely N-dealkylation sites (N-methyl/N-ethyl adjacent to an activating group) is 1. The molecule has 0 aliphatic carbocycles. The third-order valence-corrected chi connectivity index (χ3v) is 2.45. The summed E-state index contributed by atoms with van der Waals surface area (Å²) in [6.45, 7) is 8.20. The molecule has 1 aromatic rings. The Morgan fingerprint density at radius 1 is 1.40 bits per heavy atom. The largest absolute Gasteiger partial charge is 0.387 e. The van der Waals surface area contributed by atoms with Crippen LogP contribution in [0.3, 0.4) is 0 Å². The number of aliphatic hydroxyl groups excluding tert-OH is 1. The maximum atomic E-state index is 9.97. The molecule has 0 radical (unpaired) electrons. The van der Waals surface area contributed by atoms with Gasteiger partial charge in [-0.25, -0.2) is 0 Å². The standard InChI is InChI=1S/C13H19NO/c1-3-10-14(4-2)11-13(15)12-8-6-5-7-9-12/h3,5-9,13,15H,1,4,10-11H2,2H3. The normalized spacial score (nSPS) is 12.7. The van der Waals surface area contributed by atoms with Crippen LogP contribution in [0.1, 0.15) is 18.6 Å². The molecule has 1 rings (SSSR count). The van der Waals surface area contributed by atoms with E-state index in [1.165, 1.54) is 0 Å². The predicted octanol–water partition coefficient (Wildman–Crippen LogP) is 2.23. The van der Waals surface area contributed by atoms with E-state index in [-0.39, 0.29) is 0 Å². The molecule has 15 heavy (non-hydrogen) atoms. The first-order chi connectivity index (χ1) is 7.27. The van der Waals surface area contributed by atoms with E-state index in [1.54, 1.807) is 0 Å². The summed E-state index contributed by atoms with van der Waals surface area (Å²) in [4.78, 5) is 2.16. The van der Waals surface area contributed by atoms with E-state index in [1.807, 2.05) is 36.4 Å². The van der Waals surface area contributed by atoms with Gasteiger partial charge in [0.05, 0.1) is 6.10 Å². The summed E-state index contributed by atoms with van der Waals surface area (Å²) < 4.78 is 0. The van der Waals surface area contributed by atoms with Crippen molar-refractivity contribution in [3.8, 4) is 0 Å². The average Bonchev–Trinajstić information content (AvgIpc) is 2.29. The van der Waals surface area contributed by atoms with Crippen LogP contribution in [0, 0.1) is 0 Å². The van der Waals surface area contributed by atoms with Crippen LogP contribution in [-0.2, 0) is 0 Å². The second-order valence-corrected chi connectivity index (χ2v) is 3.57. The first-order valence-corrected chi connectivity index (χ1v) is 5.34. The number of rotatable bonds is 6. The lowest BCUT2D eigenvalue weighted by atomic mass is 10.1. The van der Waals surface area contributed by atoms with Crippen LogP contribution in [0.5, 0.6) is 0 Å². The highest BCUT2D eigenvalue weighted by Crippen LogP contribution is 2.13. The van der Waals surface area contributed by atoms with Gasteiger partial charge in [0.2, 0.25) is 0 Å². The van der Waals surface area contributed by atoms with Gasteiger partial charge in [0, 0.05) is 13.1 Å². The number of aliphatic hydroxyl groups is 1. The van der Waals surface area contributed by atoms with Gasteiger partial charge in [0.15, 0.2) is 0 Å². The lowest BCUT2D eigenvalue weighted by Crippen LogP contribution is -2.28. The molecule has 2 heteroatoms. The Labute approximate surface area is 91.9 Å². The minimum Gasteiger partial charge on any atom is -0.387 e. The molecule has 0 aliphatic rings. The van der Waals surface area contributed by atoms with E-state index in [0.717, 1.165) is 18.7 Å². The number of nitrogens with zero attached hydrogens (tertiary/aromatic N) is 1. The van der Waals surface area contributed by atoms with E-state index in [2.05, 4.69) is 18.4 Å². The number of hydrogen-bond donors (Lipinski definition) is 1. The van der Waals surface area contributed by atoms with Crippen LogP contribution in [0.4, 0.5) is 0 Å². The van der Waals surface area contributed by atoms with Gasteiger partial charge in [-0.05, 0) is 12.1 Å².